The van der Waals surface area contributed by atoms with E-state index in [-0.39, 0.29) is 6.61 Å². The maximum absolute atomic E-state index is 8.79. The summed E-state index contributed by atoms with van der Waals surface area (Å²) in [5, 5.41) is 13.7. The lowest BCUT2D eigenvalue weighted by molar-refractivity contribution is 0.282. The second kappa shape index (κ2) is 7.49. The van der Waals surface area contributed by atoms with Gasteiger partial charge in [-0.05, 0) is 55.8 Å². The standard InChI is InChI=1S/C15H21Cl2NO/c16-13-7-6-11(10-14(13)17)12-4-3-5-15(12)18-8-1-2-9-19/h6-7,10,12,15,18-19H,1-5,8-9H2. The maximum Gasteiger partial charge on any atom is 0.0595 e. The summed E-state index contributed by atoms with van der Waals surface area (Å²) in [6.07, 6.45) is 5.57. The van der Waals surface area contributed by atoms with E-state index in [0.717, 1.165) is 19.4 Å². The number of rotatable bonds is 6. The maximum atomic E-state index is 8.79. The predicted octanol–water partition coefficient (Wildman–Crippen LogP) is 3.99. The molecule has 0 saturated heterocycles. The van der Waals surface area contributed by atoms with Crippen molar-refractivity contribution in [1.29, 1.82) is 0 Å². The molecule has 1 fully saturated rings. The van der Waals surface area contributed by atoms with Gasteiger partial charge in [-0.1, -0.05) is 35.7 Å². The molecule has 2 rings (SSSR count). The number of benzene rings is 1. The van der Waals surface area contributed by atoms with Crippen LogP contribution in [0.3, 0.4) is 0 Å². The van der Waals surface area contributed by atoms with Crippen molar-refractivity contribution in [2.75, 3.05) is 13.2 Å². The first-order valence-electron chi connectivity index (χ1n) is 7.01. The van der Waals surface area contributed by atoms with Gasteiger partial charge >= 0.3 is 0 Å². The largest absolute Gasteiger partial charge is 0.396 e. The Morgan fingerprint density at radius 2 is 2.00 bits per heavy atom. The van der Waals surface area contributed by atoms with Gasteiger partial charge in [-0.25, -0.2) is 0 Å². The van der Waals surface area contributed by atoms with Gasteiger partial charge in [-0.2, -0.15) is 0 Å². The van der Waals surface area contributed by atoms with Gasteiger partial charge in [0.1, 0.15) is 0 Å². The third-order valence-corrected chi connectivity index (χ3v) is 4.62. The molecule has 106 valence electrons. The summed E-state index contributed by atoms with van der Waals surface area (Å²) in [7, 11) is 0. The van der Waals surface area contributed by atoms with Gasteiger partial charge in [0.25, 0.3) is 0 Å². The molecular weight excluding hydrogens is 281 g/mol. The Morgan fingerprint density at radius 3 is 2.74 bits per heavy atom. The monoisotopic (exact) mass is 301 g/mol. The van der Waals surface area contributed by atoms with Gasteiger partial charge < -0.3 is 10.4 Å². The average molecular weight is 302 g/mol. The second-order valence-corrected chi connectivity index (χ2v) is 6.02. The van der Waals surface area contributed by atoms with E-state index in [2.05, 4.69) is 11.4 Å². The lowest BCUT2D eigenvalue weighted by Crippen LogP contribution is -2.32. The summed E-state index contributed by atoms with van der Waals surface area (Å²) in [6.45, 7) is 1.26. The fourth-order valence-electron chi connectivity index (χ4n) is 2.87. The predicted molar refractivity (Wildman–Crippen MR) is 81.2 cm³/mol. The molecule has 4 heteroatoms. The fraction of sp³-hybridized carbons (Fsp3) is 0.600. The number of hydrogen-bond donors (Lipinski definition) is 2. The minimum Gasteiger partial charge on any atom is -0.396 e. The summed E-state index contributed by atoms with van der Waals surface area (Å²) < 4.78 is 0. The van der Waals surface area contributed by atoms with Gasteiger partial charge in [0, 0.05) is 12.6 Å². The number of aliphatic hydroxyl groups is 1. The molecule has 0 spiro atoms. The van der Waals surface area contributed by atoms with Crippen LogP contribution in [0, 0.1) is 0 Å². The van der Waals surface area contributed by atoms with E-state index in [1.165, 1.54) is 24.8 Å². The van der Waals surface area contributed by atoms with E-state index in [1.54, 1.807) is 0 Å². The Morgan fingerprint density at radius 1 is 1.16 bits per heavy atom. The summed E-state index contributed by atoms with van der Waals surface area (Å²) in [5.74, 6) is 0.531. The third kappa shape index (κ3) is 4.09. The van der Waals surface area contributed by atoms with Crippen molar-refractivity contribution < 1.29 is 5.11 Å². The Bertz CT molecular complexity index is 411. The lowest BCUT2D eigenvalue weighted by atomic mass is 9.94. The van der Waals surface area contributed by atoms with Crippen LogP contribution >= 0.6 is 23.2 Å². The Hall–Kier alpha value is -0.280. The highest BCUT2D eigenvalue weighted by Crippen LogP contribution is 2.36. The Kier molecular flexibility index (Phi) is 5.96. The Labute approximate surface area is 125 Å². The minimum atomic E-state index is 0.280. The number of unbranched alkanes of at least 4 members (excludes halogenated alkanes) is 1. The first-order valence-corrected chi connectivity index (χ1v) is 7.77. The smallest absolute Gasteiger partial charge is 0.0595 e. The molecule has 2 atom stereocenters. The molecule has 0 aliphatic heterocycles. The van der Waals surface area contributed by atoms with Gasteiger partial charge in [-0.15, -0.1) is 0 Å². The van der Waals surface area contributed by atoms with Gasteiger partial charge in [0.2, 0.25) is 0 Å². The van der Waals surface area contributed by atoms with E-state index < -0.39 is 0 Å². The highest BCUT2D eigenvalue weighted by Gasteiger charge is 2.28. The summed E-state index contributed by atoms with van der Waals surface area (Å²) in [5.41, 5.74) is 1.28. The van der Waals surface area contributed by atoms with Crippen LogP contribution in [0.15, 0.2) is 18.2 Å². The summed E-state index contributed by atoms with van der Waals surface area (Å²) in [4.78, 5) is 0. The molecule has 0 bridgehead atoms. The van der Waals surface area contributed by atoms with Gasteiger partial charge in [0.15, 0.2) is 0 Å². The molecular formula is C15H21Cl2NO. The van der Waals surface area contributed by atoms with Crippen LogP contribution in [0.1, 0.15) is 43.6 Å². The molecule has 2 N–H and O–H groups in total. The topological polar surface area (TPSA) is 32.3 Å². The van der Waals surface area contributed by atoms with Crippen LogP contribution in [-0.4, -0.2) is 24.3 Å². The normalized spacial score (nSPS) is 22.9. The molecule has 0 radical (unpaired) electrons. The molecule has 0 amide bonds. The van der Waals surface area contributed by atoms with Crippen LogP contribution < -0.4 is 5.32 Å². The third-order valence-electron chi connectivity index (χ3n) is 3.88. The number of halogens is 2. The van der Waals surface area contributed by atoms with E-state index in [1.807, 2.05) is 12.1 Å². The lowest BCUT2D eigenvalue weighted by Gasteiger charge is -2.22. The Balaban J connectivity index is 1.95. The molecule has 2 nitrogen and oxygen atoms in total. The van der Waals surface area contributed by atoms with Crippen molar-refractivity contribution in [3.8, 4) is 0 Å². The first kappa shape index (κ1) is 15.1. The van der Waals surface area contributed by atoms with Crippen LogP contribution in [0.5, 0.6) is 0 Å². The number of nitrogens with one attached hydrogen (secondary N) is 1. The molecule has 1 aliphatic rings. The van der Waals surface area contributed by atoms with Crippen molar-refractivity contribution in [2.24, 2.45) is 0 Å². The van der Waals surface area contributed by atoms with E-state index in [4.69, 9.17) is 28.3 Å². The van der Waals surface area contributed by atoms with Crippen LogP contribution in [0.2, 0.25) is 10.0 Å². The zero-order valence-corrected chi connectivity index (χ0v) is 12.6. The molecule has 1 aromatic carbocycles. The number of hydrogen-bond acceptors (Lipinski definition) is 2. The van der Waals surface area contributed by atoms with E-state index in [9.17, 15) is 0 Å². The van der Waals surface area contributed by atoms with E-state index >= 15 is 0 Å². The molecule has 1 aliphatic carbocycles. The minimum absolute atomic E-state index is 0.280. The molecule has 1 saturated carbocycles. The zero-order valence-electron chi connectivity index (χ0n) is 11.0. The first-order chi connectivity index (χ1) is 9.22. The average Bonchev–Trinajstić information content (AvgIpc) is 2.86. The van der Waals surface area contributed by atoms with Crippen molar-refractivity contribution >= 4 is 23.2 Å². The second-order valence-electron chi connectivity index (χ2n) is 5.20. The molecule has 1 aromatic rings. The van der Waals surface area contributed by atoms with Crippen LogP contribution in [0.25, 0.3) is 0 Å². The number of aliphatic hydroxyl groups excluding tert-OH is 1. The van der Waals surface area contributed by atoms with Crippen molar-refractivity contribution in [1.82, 2.24) is 5.32 Å². The molecule has 0 heterocycles. The van der Waals surface area contributed by atoms with Crippen molar-refractivity contribution in [3.63, 3.8) is 0 Å². The quantitative estimate of drug-likeness (QED) is 0.779. The molecule has 0 aromatic heterocycles. The van der Waals surface area contributed by atoms with Gasteiger partial charge in [-0.3, -0.25) is 0 Å². The van der Waals surface area contributed by atoms with Crippen molar-refractivity contribution in [3.05, 3.63) is 33.8 Å². The zero-order chi connectivity index (χ0) is 13.7. The summed E-state index contributed by atoms with van der Waals surface area (Å²) in [6, 6.07) is 6.51. The van der Waals surface area contributed by atoms with E-state index in [0.29, 0.717) is 22.0 Å². The van der Waals surface area contributed by atoms with Crippen LogP contribution in [-0.2, 0) is 0 Å². The molecule has 19 heavy (non-hydrogen) atoms. The van der Waals surface area contributed by atoms with Gasteiger partial charge in [0.05, 0.1) is 10.0 Å². The SMILES string of the molecule is OCCCCNC1CCCC1c1ccc(Cl)c(Cl)c1. The summed E-state index contributed by atoms with van der Waals surface area (Å²) >= 11 is 12.1. The highest BCUT2D eigenvalue weighted by atomic mass is 35.5. The molecule has 2 unspecified atom stereocenters. The van der Waals surface area contributed by atoms with Crippen molar-refractivity contribution in [2.45, 2.75) is 44.1 Å². The highest BCUT2D eigenvalue weighted by molar-refractivity contribution is 6.42. The fourth-order valence-corrected chi connectivity index (χ4v) is 3.18. The van der Waals surface area contributed by atoms with Crippen LogP contribution in [0.4, 0.5) is 0 Å².